The van der Waals surface area contributed by atoms with E-state index in [0.717, 1.165) is 42.6 Å². The van der Waals surface area contributed by atoms with Crippen LogP contribution in [0.1, 0.15) is 49.3 Å². The van der Waals surface area contributed by atoms with Crippen molar-refractivity contribution < 1.29 is 14.6 Å². The number of aliphatic hydroxyl groups is 1. The predicted octanol–water partition coefficient (Wildman–Crippen LogP) is 4.60. The lowest BCUT2D eigenvalue weighted by Gasteiger charge is -2.52. The van der Waals surface area contributed by atoms with Gasteiger partial charge in [0.15, 0.2) is 0 Å². The molecule has 3 atom stereocenters. The number of hydrogen-bond donors (Lipinski definition) is 1. The molecule has 4 nitrogen and oxygen atoms in total. The quantitative estimate of drug-likeness (QED) is 0.775. The molecule has 4 rings (SSSR count). The molecule has 1 aliphatic heterocycles. The molecule has 0 radical (unpaired) electrons. The molecule has 0 spiro atoms. The molecular weight excluding hydrogens is 362 g/mol. The van der Waals surface area contributed by atoms with E-state index in [1.165, 1.54) is 0 Å². The Morgan fingerprint density at radius 2 is 1.86 bits per heavy atom. The Morgan fingerprint density at radius 1 is 1.10 bits per heavy atom. The molecule has 2 aliphatic rings. The normalized spacial score (nSPS) is 26.9. The van der Waals surface area contributed by atoms with Crippen molar-refractivity contribution in [2.24, 2.45) is 5.92 Å². The summed E-state index contributed by atoms with van der Waals surface area (Å²) in [5.41, 5.74) is 1.40. The van der Waals surface area contributed by atoms with Crippen molar-refractivity contribution >= 4 is 12.0 Å². The van der Waals surface area contributed by atoms with Crippen LogP contribution in [0.15, 0.2) is 60.7 Å². The Labute approximate surface area is 172 Å². The van der Waals surface area contributed by atoms with Crippen LogP contribution in [-0.4, -0.2) is 35.2 Å². The highest BCUT2D eigenvalue weighted by atomic mass is 16.5. The summed E-state index contributed by atoms with van der Waals surface area (Å²) in [4.78, 5) is 15.1. The van der Waals surface area contributed by atoms with E-state index in [0.29, 0.717) is 13.0 Å². The Bertz CT molecular complexity index is 861. The number of benzene rings is 2. The first kappa shape index (κ1) is 19.7. The zero-order valence-electron chi connectivity index (χ0n) is 17.0. The van der Waals surface area contributed by atoms with Crippen molar-refractivity contribution in [1.29, 1.82) is 0 Å². The molecule has 2 aromatic rings. The van der Waals surface area contributed by atoms with Crippen LogP contribution in [-0.2, 0) is 4.79 Å². The van der Waals surface area contributed by atoms with Gasteiger partial charge in [0.1, 0.15) is 5.75 Å². The molecule has 1 saturated carbocycles. The maximum Gasteiger partial charge on any atom is 0.247 e. The van der Waals surface area contributed by atoms with Gasteiger partial charge in [0.2, 0.25) is 5.91 Å². The van der Waals surface area contributed by atoms with Crippen molar-refractivity contribution in [3.05, 3.63) is 71.8 Å². The van der Waals surface area contributed by atoms with E-state index in [1.807, 2.05) is 65.6 Å². The fraction of sp³-hybridized carbons (Fsp3) is 0.400. The SMILES string of the molecule is COc1ccc([C@@H]2[C@@H]3CCCC[C@]3(O)CCN2C(=O)C=Cc2ccccc2)cc1. The van der Waals surface area contributed by atoms with Crippen LogP contribution < -0.4 is 4.74 Å². The molecule has 4 heteroatoms. The second-order valence-electron chi connectivity index (χ2n) is 8.20. The predicted molar refractivity (Wildman–Crippen MR) is 114 cm³/mol. The maximum absolute atomic E-state index is 13.2. The van der Waals surface area contributed by atoms with Gasteiger partial charge in [-0.2, -0.15) is 0 Å². The van der Waals surface area contributed by atoms with Gasteiger partial charge in [-0.15, -0.1) is 0 Å². The molecular formula is C25H29NO3. The molecule has 1 heterocycles. The van der Waals surface area contributed by atoms with Crippen molar-refractivity contribution in [3.8, 4) is 5.75 Å². The van der Waals surface area contributed by atoms with Crippen molar-refractivity contribution in [1.82, 2.24) is 4.90 Å². The highest BCUT2D eigenvalue weighted by molar-refractivity contribution is 5.92. The van der Waals surface area contributed by atoms with Crippen LogP contribution >= 0.6 is 0 Å². The highest BCUT2D eigenvalue weighted by Gasteiger charge is 2.49. The highest BCUT2D eigenvalue weighted by Crippen LogP contribution is 2.49. The average molecular weight is 392 g/mol. The van der Waals surface area contributed by atoms with E-state index < -0.39 is 5.60 Å². The largest absolute Gasteiger partial charge is 0.497 e. The van der Waals surface area contributed by atoms with Crippen LogP contribution in [0.5, 0.6) is 5.75 Å². The third-order valence-corrected chi connectivity index (χ3v) is 6.53. The van der Waals surface area contributed by atoms with Gasteiger partial charge in [0.25, 0.3) is 0 Å². The monoisotopic (exact) mass is 391 g/mol. The molecule has 152 valence electrons. The van der Waals surface area contributed by atoms with Gasteiger partial charge in [-0.25, -0.2) is 0 Å². The summed E-state index contributed by atoms with van der Waals surface area (Å²) in [5.74, 6) is 0.861. The van der Waals surface area contributed by atoms with Crippen molar-refractivity contribution in [3.63, 3.8) is 0 Å². The third kappa shape index (κ3) is 4.08. The Kier molecular flexibility index (Phi) is 5.72. The number of fused-ring (bicyclic) bond motifs is 1. The van der Waals surface area contributed by atoms with E-state index in [-0.39, 0.29) is 17.9 Å². The number of carbonyl (C=O) groups is 1. The van der Waals surface area contributed by atoms with E-state index in [1.54, 1.807) is 13.2 Å². The fourth-order valence-electron chi connectivity index (χ4n) is 4.97. The lowest BCUT2D eigenvalue weighted by Crippen LogP contribution is -2.56. The molecule has 29 heavy (non-hydrogen) atoms. The minimum absolute atomic E-state index is 0.00212. The second-order valence-corrected chi connectivity index (χ2v) is 8.20. The molecule has 0 bridgehead atoms. The zero-order valence-corrected chi connectivity index (χ0v) is 17.0. The Balaban J connectivity index is 1.65. The lowest BCUT2D eigenvalue weighted by molar-refractivity contribution is -0.150. The number of nitrogens with zero attached hydrogens (tertiary/aromatic N) is 1. The van der Waals surface area contributed by atoms with Gasteiger partial charge in [0.05, 0.1) is 18.8 Å². The molecule has 2 fully saturated rings. The number of likely N-dealkylation sites (tertiary alicyclic amines) is 1. The first-order valence-electron chi connectivity index (χ1n) is 10.5. The van der Waals surface area contributed by atoms with Gasteiger partial charge >= 0.3 is 0 Å². The summed E-state index contributed by atoms with van der Waals surface area (Å²) < 4.78 is 5.30. The Morgan fingerprint density at radius 3 is 2.59 bits per heavy atom. The van der Waals surface area contributed by atoms with Crippen molar-refractivity contribution in [2.75, 3.05) is 13.7 Å². The van der Waals surface area contributed by atoms with E-state index in [9.17, 15) is 9.90 Å². The minimum Gasteiger partial charge on any atom is -0.497 e. The van der Waals surface area contributed by atoms with Gasteiger partial charge in [-0.3, -0.25) is 4.79 Å². The summed E-state index contributed by atoms with van der Waals surface area (Å²) >= 11 is 0. The second kappa shape index (κ2) is 8.42. The number of amides is 1. The van der Waals surface area contributed by atoms with Gasteiger partial charge in [0, 0.05) is 18.5 Å². The van der Waals surface area contributed by atoms with Gasteiger partial charge < -0.3 is 14.7 Å². The first-order chi connectivity index (χ1) is 14.1. The number of methoxy groups -OCH3 is 1. The van der Waals surface area contributed by atoms with E-state index in [4.69, 9.17) is 4.74 Å². The summed E-state index contributed by atoms with van der Waals surface area (Å²) in [5, 5.41) is 11.4. The zero-order chi connectivity index (χ0) is 20.3. The smallest absolute Gasteiger partial charge is 0.247 e. The minimum atomic E-state index is -0.678. The molecule has 0 unspecified atom stereocenters. The van der Waals surface area contributed by atoms with E-state index in [2.05, 4.69) is 0 Å². The average Bonchev–Trinajstić information content (AvgIpc) is 2.77. The number of piperidine rings is 1. The molecule has 1 N–H and O–H groups in total. The van der Waals surface area contributed by atoms with Crippen LogP contribution in [0.2, 0.25) is 0 Å². The van der Waals surface area contributed by atoms with Gasteiger partial charge in [-0.1, -0.05) is 55.3 Å². The lowest BCUT2D eigenvalue weighted by atomic mass is 9.66. The van der Waals surface area contributed by atoms with Crippen LogP contribution in [0.4, 0.5) is 0 Å². The molecule has 1 aliphatic carbocycles. The first-order valence-corrected chi connectivity index (χ1v) is 10.5. The summed E-state index contributed by atoms with van der Waals surface area (Å²) in [6.07, 6.45) is 8.11. The van der Waals surface area contributed by atoms with Crippen molar-refractivity contribution in [2.45, 2.75) is 43.7 Å². The summed E-state index contributed by atoms with van der Waals surface area (Å²) in [6.45, 7) is 0.571. The maximum atomic E-state index is 13.2. The Hall–Kier alpha value is -2.59. The fourth-order valence-corrected chi connectivity index (χ4v) is 4.97. The summed E-state index contributed by atoms with van der Waals surface area (Å²) in [6, 6.07) is 17.7. The standard InChI is InChI=1S/C25H29NO3/c1-29-21-13-11-20(12-14-21)24-22-9-5-6-16-25(22,28)17-18-26(24)23(27)15-10-19-7-3-2-4-8-19/h2-4,7-8,10-15,22,24,28H,5-6,9,16-18H2,1H3/t22-,24+,25-/m0/s1. The number of carbonyl (C=O) groups excluding carboxylic acids is 1. The molecule has 0 aromatic heterocycles. The van der Waals surface area contributed by atoms with Gasteiger partial charge in [-0.05, 0) is 48.6 Å². The van der Waals surface area contributed by atoms with E-state index >= 15 is 0 Å². The summed E-state index contributed by atoms with van der Waals surface area (Å²) in [7, 11) is 1.65. The number of hydrogen-bond acceptors (Lipinski definition) is 3. The molecule has 2 aromatic carbocycles. The molecule has 1 amide bonds. The molecule has 1 saturated heterocycles. The van der Waals surface area contributed by atoms with Crippen LogP contribution in [0.25, 0.3) is 6.08 Å². The van der Waals surface area contributed by atoms with Crippen LogP contribution in [0.3, 0.4) is 0 Å². The number of rotatable bonds is 4. The number of ether oxygens (including phenoxy) is 1. The third-order valence-electron chi connectivity index (χ3n) is 6.53. The van der Waals surface area contributed by atoms with Crippen LogP contribution in [0, 0.1) is 5.92 Å². The topological polar surface area (TPSA) is 49.8 Å².